The van der Waals surface area contributed by atoms with Crippen LogP contribution in [0.3, 0.4) is 0 Å². The Morgan fingerprint density at radius 3 is 2.75 bits per heavy atom. The molecule has 10 heteroatoms. The third kappa shape index (κ3) is 4.38. The minimum absolute atomic E-state index is 0.0444. The molecule has 1 aromatic heterocycles. The fraction of sp³-hybridized carbons (Fsp3) is 0.286. The molecular formula is C14H17N5O4S. The Morgan fingerprint density at radius 2 is 2.04 bits per heavy atom. The largest absolute Gasteiger partial charge is 0.495 e. The Labute approximate surface area is 142 Å². The van der Waals surface area contributed by atoms with E-state index in [0.717, 1.165) is 11.8 Å². The van der Waals surface area contributed by atoms with Gasteiger partial charge in [-0.2, -0.15) is 0 Å². The number of thioether (sulfide) groups is 1. The Hall–Kier alpha value is -2.75. The van der Waals surface area contributed by atoms with Gasteiger partial charge in [0.2, 0.25) is 11.9 Å². The second-order valence-electron chi connectivity index (χ2n) is 4.54. The van der Waals surface area contributed by atoms with Crippen LogP contribution in [-0.2, 0) is 20.9 Å². The first kappa shape index (κ1) is 17.6. The van der Waals surface area contributed by atoms with Crippen LogP contribution in [0.15, 0.2) is 29.4 Å². The van der Waals surface area contributed by atoms with E-state index in [9.17, 15) is 9.59 Å². The number of nitrogens with zero attached hydrogens (tertiary/aromatic N) is 3. The van der Waals surface area contributed by atoms with Gasteiger partial charge >= 0.3 is 5.97 Å². The second-order valence-corrected chi connectivity index (χ2v) is 5.48. The third-order valence-corrected chi connectivity index (χ3v) is 3.92. The maximum atomic E-state index is 12.2. The maximum absolute atomic E-state index is 12.2. The number of para-hydroxylation sites is 2. The fourth-order valence-electron chi connectivity index (χ4n) is 1.82. The van der Waals surface area contributed by atoms with Gasteiger partial charge in [-0.05, 0) is 12.1 Å². The zero-order chi connectivity index (χ0) is 17.5. The zero-order valence-corrected chi connectivity index (χ0v) is 14.0. The van der Waals surface area contributed by atoms with E-state index in [1.807, 2.05) is 0 Å². The van der Waals surface area contributed by atoms with Crippen LogP contribution in [0.1, 0.15) is 0 Å². The summed E-state index contributed by atoms with van der Waals surface area (Å²) < 4.78 is 11.2. The molecule has 1 amide bonds. The van der Waals surface area contributed by atoms with Crippen LogP contribution in [0.2, 0.25) is 0 Å². The molecule has 0 saturated carbocycles. The number of carbonyl (C=O) groups excluding carboxylic acids is 2. The average molecular weight is 351 g/mol. The molecule has 2 aromatic rings. The lowest BCUT2D eigenvalue weighted by atomic mass is 10.3. The highest BCUT2D eigenvalue weighted by molar-refractivity contribution is 7.99. The maximum Gasteiger partial charge on any atom is 0.316 e. The molecule has 0 aliphatic rings. The highest BCUT2D eigenvalue weighted by Crippen LogP contribution is 2.23. The molecule has 0 bridgehead atoms. The Kier molecular flexibility index (Phi) is 6.01. The van der Waals surface area contributed by atoms with Crippen molar-refractivity contribution >= 4 is 35.3 Å². The quantitative estimate of drug-likeness (QED) is 0.554. The van der Waals surface area contributed by atoms with Crippen LogP contribution in [0.4, 0.5) is 11.6 Å². The SMILES string of the molecule is COC(=O)CSc1nnc(N)n1CC(=O)Nc1ccccc1OC. The van der Waals surface area contributed by atoms with E-state index in [1.165, 1.54) is 18.8 Å². The molecule has 2 rings (SSSR count). The van der Waals surface area contributed by atoms with E-state index >= 15 is 0 Å². The van der Waals surface area contributed by atoms with Crippen molar-refractivity contribution in [3.63, 3.8) is 0 Å². The van der Waals surface area contributed by atoms with Crippen molar-refractivity contribution in [3.8, 4) is 5.75 Å². The number of nitrogens with two attached hydrogens (primary N) is 1. The van der Waals surface area contributed by atoms with E-state index in [2.05, 4.69) is 20.3 Å². The van der Waals surface area contributed by atoms with Crippen LogP contribution in [0.25, 0.3) is 0 Å². The molecule has 0 spiro atoms. The minimum atomic E-state index is -0.411. The predicted octanol–water partition coefficient (Wildman–Crippen LogP) is 0.773. The number of hydrogen-bond acceptors (Lipinski definition) is 8. The summed E-state index contributed by atoms with van der Waals surface area (Å²) in [5, 5.41) is 10.7. The number of esters is 1. The van der Waals surface area contributed by atoms with Crippen molar-refractivity contribution in [1.82, 2.24) is 14.8 Å². The van der Waals surface area contributed by atoms with E-state index in [4.69, 9.17) is 10.5 Å². The van der Waals surface area contributed by atoms with Gasteiger partial charge in [0.15, 0.2) is 5.16 Å². The van der Waals surface area contributed by atoms with Gasteiger partial charge in [0, 0.05) is 0 Å². The van der Waals surface area contributed by atoms with Gasteiger partial charge in [-0.3, -0.25) is 14.2 Å². The molecule has 0 saturated heterocycles. The number of rotatable bonds is 7. The number of ether oxygens (including phenoxy) is 2. The van der Waals surface area contributed by atoms with Gasteiger partial charge in [-0.1, -0.05) is 23.9 Å². The van der Waals surface area contributed by atoms with Crippen molar-refractivity contribution in [3.05, 3.63) is 24.3 Å². The molecule has 0 unspecified atom stereocenters. The lowest BCUT2D eigenvalue weighted by Gasteiger charge is -2.11. The molecule has 0 radical (unpaired) electrons. The van der Waals surface area contributed by atoms with Gasteiger partial charge in [-0.15, -0.1) is 10.2 Å². The Morgan fingerprint density at radius 1 is 1.29 bits per heavy atom. The summed E-state index contributed by atoms with van der Waals surface area (Å²) >= 11 is 1.09. The average Bonchev–Trinajstić information content (AvgIpc) is 2.93. The van der Waals surface area contributed by atoms with Crippen LogP contribution in [-0.4, -0.2) is 46.6 Å². The molecule has 24 heavy (non-hydrogen) atoms. The molecule has 0 atom stereocenters. The highest BCUT2D eigenvalue weighted by atomic mass is 32.2. The first-order valence-corrected chi connectivity index (χ1v) is 7.85. The molecule has 3 N–H and O–H groups in total. The number of amides is 1. The standard InChI is InChI=1S/C14H17N5O4S/c1-22-10-6-4-3-5-9(10)16-11(20)7-19-13(15)17-18-14(19)24-8-12(21)23-2/h3-6H,7-8H2,1-2H3,(H2,15,17)(H,16,20). The van der Waals surface area contributed by atoms with Crippen LogP contribution in [0, 0.1) is 0 Å². The van der Waals surface area contributed by atoms with Crippen molar-refractivity contribution in [2.45, 2.75) is 11.7 Å². The van der Waals surface area contributed by atoms with Gasteiger partial charge in [0.05, 0.1) is 25.7 Å². The monoisotopic (exact) mass is 351 g/mol. The van der Waals surface area contributed by atoms with E-state index in [1.54, 1.807) is 24.3 Å². The number of nitrogen functional groups attached to an aromatic ring is 1. The van der Waals surface area contributed by atoms with Crippen LogP contribution < -0.4 is 15.8 Å². The molecular weight excluding hydrogens is 334 g/mol. The van der Waals surface area contributed by atoms with Crippen molar-refractivity contribution < 1.29 is 19.1 Å². The number of aromatic nitrogens is 3. The lowest BCUT2D eigenvalue weighted by molar-refractivity contribution is -0.137. The topological polar surface area (TPSA) is 121 Å². The van der Waals surface area contributed by atoms with Crippen molar-refractivity contribution in [1.29, 1.82) is 0 Å². The predicted molar refractivity (Wildman–Crippen MR) is 88.8 cm³/mol. The molecule has 0 aliphatic carbocycles. The van der Waals surface area contributed by atoms with E-state index < -0.39 is 5.97 Å². The molecule has 0 fully saturated rings. The van der Waals surface area contributed by atoms with E-state index in [-0.39, 0.29) is 24.2 Å². The van der Waals surface area contributed by atoms with Crippen molar-refractivity contribution in [2.75, 3.05) is 31.0 Å². The number of carbonyl (C=O) groups is 2. The van der Waals surface area contributed by atoms with Gasteiger partial charge in [0.1, 0.15) is 12.3 Å². The number of nitrogens with one attached hydrogen (secondary N) is 1. The third-order valence-electron chi connectivity index (χ3n) is 2.98. The Balaban J connectivity index is 2.06. The summed E-state index contributed by atoms with van der Waals surface area (Å²) in [7, 11) is 2.81. The smallest absolute Gasteiger partial charge is 0.316 e. The number of methoxy groups -OCH3 is 2. The van der Waals surface area contributed by atoms with E-state index in [0.29, 0.717) is 16.6 Å². The molecule has 1 heterocycles. The van der Waals surface area contributed by atoms with Gasteiger partial charge in [-0.25, -0.2) is 0 Å². The molecule has 128 valence electrons. The number of anilines is 2. The van der Waals surface area contributed by atoms with Crippen LogP contribution in [0.5, 0.6) is 5.75 Å². The molecule has 0 aliphatic heterocycles. The first-order valence-electron chi connectivity index (χ1n) is 6.86. The summed E-state index contributed by atoms with van der Waals surface area (Å²) in [6.07, 6.45) is 0. The van der Waals surface area contributed by atoms with Gasteiger partial charge < -0.3 is 20.5 Å². The molecule has 9 nitrogen and oxygen atoms in total. The summed E-state index contributed by atoms with van der Waals surface area (Å²) in [4.78, 5) is 23.5. The second kappa shape index (κ2) is 8.20. The fourth-order valence-corrected chi connectivity index (χ4v) is 2.60. The normalized spacial score (nSPS) is 10.2. The summed E-state index contributed by atoms with van der Waals surface area (Å²) in [5.41, 5.74) is 6.28. The Bertz CT molecular complexity index is 734. The van der Waals surface area contributed by atoms with Gasteiger partial charge in [0.25, 0.3) is 0 Å². The lowest BCUT2D eigenvalue weighted by Crippen LogP contribution is -2.21. The summed E-state index contributed by atoms with van der Waals surface area (Å²) in [6, 6.07) is 7.04. The van der Waals surface area contributed by atoms with Crippen molar-refractivity contribution in [2.24, 2.45) is 0 Å². The summed E-state index contributed by atoms with van der Waals surface area (Å²) in [6.45, 7) is -0.0968. The minimum Gasteiger partial charge on any atom is -0.495 e. The number of benzene rings is 1. The first-order chi connectivity index (χ1) is 11.5. The highest BCUT2D eigenvalue weighted by Gasteiger charge is 2.16. The summed E-state index contributed by atoms with van der Waals surface area (Å²) in [5.74, 6) is -0.0686. The zero-order valence-electron chi connectivity index (χ0n) is 13.2. The number of hydrogen-bond donors (Lipinski definition) is 2. The molecule has 1 aromatic carbocycles. The van der Waals surface area contributed by atoms with Crippen LogP contribution >= 0.6 is 11.8 Å².